The number of azide groups is 1. The van der Waals surface area contributed by atoms with Gasteiger partial charge in [0.25, 0.3) is 0 Å². The molecule has 0 saturated carbocycles. The minimum Gasteiger partial charge on any atom is -0.326 e. The van der Waals surface area contributed by atoms with E-state index in [1.807, 2.05) is 0 Å². The Kier molecular flexibility index (Phi) is 7.96. The Morgan fingerprint density at radius 1 is 1.21 bits per heavy atom. The standard InChI is InChI=1S/C27H24BrFN10O3/c1-15(40)25-19-8-17(18-10-31-16(2)32-11-18)6-7-20(19)39(36-25)12-24(41)38-14-27(29,13-33-37-30)9-21(38)26(42)35-23-5-3-4-22(28)34-23/h3-8,10-11,21H,9,12-14H2,1-2H3,(H,34,35,42)/t21-,27-/m0/s1. The summed E-state index contributed by atoms with van der Waals surface area (Å²) in [5.41, 5.74) is 8.78. The second-order valence-electron chi connectivity index (χ2n) is 9.93. The van der Waals surface area contributed by atoms with Gasteiger partial charge in [-0.25, -0.2) is 19.3 Å². The van der Waals surface area contributed by atoms with E-state index in [-0.39, 0.29) is 30.3 Å². The Morgan fingerprint density at radius 3 is 2.67 bits per heavy atom. The molecule has 13 nitrogen and oxygen atoms in total. The number of benzene rings is 1. The Balaban J connectivity index is 1.45. The molecule has 4 aromatic rings. The average Bonchev–Trinajstić information content (AvgIpc) is 3.50. The number of carbonyl (C=O) groups excluding carboxylic acids is 3. The fourth-order valence-electron chi connectivity index (χ4n) is 4.89. The lowest BCUT2D eigenvalue weighted by atomic mass is 10.0. The van der Waals surface area contributed by atoms with Crippen molar-refractivity contribution in [3.05, 3.63) is 75.4 Å². The number of nitrogens with zero attached hydrogens (tertiary/aromatic N) is 9. The highest BCUT2D eigenvalue weighted by molar-refractivity contribution is 9.10. The molecule has 5 rings (SSSR count). The largest absolute Gasteiger partial charge is 0.326 e. The topological polar surface area (TPSA) is 172 Å². The molecular weight excluding hydrogens is 611 g/mol. The van der Waals surface area contributed by atoms with Gasteiger partial charge in [-0.15, -0.1) is 0 Å². The van der Waals surface area contributed by atoms with E-state index in [0.29, 0.717) is 21.3 Å². The number of ketones is 1. The highest BCUT2D eigenvalue weighted by Gasteiger charge is 2.49. The lowest BCUT2D eigenvalue weighted by Crippen LogP contribution is -2.45. The predicted molar refractivity (Wildman–Crippen MR) is 154 cm³/mol. The maximum absolute atomic E-state index is 15.7. The summed E-state index contributed by atoms with van der Waals surface area (Å²) in [7, 11) is 0. The number of likely N-dealkylation sites (tertiary alicyclic amines) is 1. The summed E-state index contributed by atoms with van der Waals surface area (Å²) < 4.78 is 17.6. The lowest BCUT2D eigenvalue weighted by Gasteiger charge is -2.24. The van der Waals surface area contributed by atoms with Gasteiger partial charge in [-0.05, 0) is 58.2 Å². The first-order valence-electron chi connectivity index (χ1n) is 12.8. The number of rotatable bonds is 8. The van der Waals surface area contributed by atoms with Crippen molar-refractivity contribution in [1.82, 2.24) is 29.6 Å². The predicted octanol–water partition coefficient (Wildman–Crippen LogP) is 4.42. The Bertz CT molecular complexity index is 1750. The van der Waals surface area contributed by atoms with E-state index in [1.54, 1.807) is 55.7 Å². The van der Waals surface area contributed by atoms with Crippen LogP contribution < -0.4 is 5.32 Å². The SMILES string of the molecule is CC(=O)c1nn(CC(=O)N2C[C@@](F)(CN=[N+]=[N-])C[C@H]2C(=O)Nc2cccc(Br)n2)c2ccc(-c3cnc(C)nc3)cc12. The molecule has 1 fully saturated rings. The minimum absolute atomic E-state index is 0.160. The smallest absolute Gasteiger partial charge is 0.248 e. The Hall–Kier alpha value is -4.75. The van der Waals surface area contributed by atoms with E-state index in [4.69, 9.17) is 5.53 Å². The summed E-state index contributed by atoms with van der Waals surface area (Å²) in [6, 6.07) is 8.99. The third-order valence-corrected chi connectivity index (χ3v) is 7.32. The highest BCUT2D eigenvalue weighted by Crippen LogP contribution is 2.33. The van der Waals surface area contributed by atoms with Crippen LogP contribution in [-0.2, 0) is 16.1 Å². The van der Waals surface area contributed by atoms with Crippen LogP contribution in [0, 0.1) is 6.92 Å². The fraction of sp³-hybridized carbons (Fsp3) is 0.296. The van der Waals surface area contributed by atoms with E-state index in [9.17, 15) is 14.4 Å². The number of aromatic nitrogens is 5. The maximum Gasteiger partial charge on any atom is 0.248 e. The zero-order chi connectivity index (χ0) is 30.0. The average molecular weight is 635 g/mol. The van der Waals surface area contributed by atoms with Gasteiger partial charge in [0.1, 0.15) is 40.2 Å². The van der Waals surface area contributed by atoms with Crippen LogP contribution in [0.15, 0.2) is 58.5 Å². The molecule has 0 bridgehead atoms. The molecule has 42 heavy (non-hydrogen) atoms. The summed E-state index contributed by atoms with van der Waals surface area (Å²) in [5.74, 6) is -0.718. The number of nitrogens with one attached hydrogen (secondary N) is 1. The van der Waals surface area contributed by atoms with Gasteiger partial charge in [0, 0.05) is 41.6 Å². The van der Waals surface area contributed by atoms with E-state index in [2.05, 4.69) is 51.3 Å². The second-order valence-corrected chi connectivity index (χ2v) is 10.7. The summed E-state index contributed by atoms with van der Waals surface area (Å²) >= 11 is 3.23. The number of anilines is 1. The number of alkyl halides is 1. The Labute approximate surface area is 246 Å². The Morgan fingerprint density at radius 2 is 1.98 bits per heavy atom. The van der Waals surface area contributed by atoms with Crippen LogP contribution in [0.1, 0.15) is 29.7 Å². The first-order chi connectivity index (χ1) is 20.1. The number of pyridine rings is 1. The first-order valence-corrected chi connectivity index (χ1v) is 13.6. The molecule has 0 radical (unpaired) electrons. The van der Waals surface area contributed by atoms with Gasteiger partial charge in [0.05, 0.1) is 18.6 Å². The number of Topliss-reactive ketones (excluding diaryl/α,β-unsaturated/α-hetero) is 1. The van der Waals surface area contributed by atoms with Gasteiger partial charge >= 0.3 is 0 Å². The molecule has 2 amide bonds. The van der Waals surface area contributed by atoms with Crippen molar-refractivity contribution in [2.45, 2.75) is 38.5 Å². The molecule has 0 unspecified atom stereocenters. The number of aryl methyl sites for hydroxylation is 1. The van der Waals surface area contributed by atoms with Crippen molar-refractivity contribution in [3.63, 3.8) is 0 Å². The minimum atomic E-state index is -2.11. The van der Waals surface area contributed by atoms with E-state index >= 15 is 4.39 Å². The van der Waals surface area contributed by atoms with Gasteiger partial charge in [-0.2, -0.15) is 5.10 Å². The molecule has 1 aliphatic rings. The van der Waals surface area contributed by atoms with E-state index < -0.39 is 36.6 Å². The molecule has 1 aromatic carbocycles. The molecule has 1 saturated heterocycles. The number of hydrogen-bond donors (Lipinski definition) is 1. The maximum atomic E-state index is 15.7. The molecule has 1 N–H and O–H groups in total. The lowest BCUT2D eigenvalue weighted by molar-refractivity contribution is -0.137. The number of amides is 2. The zero-order valence-electron chi connectivity index (χ0n) is 22.5. The molecule has 214 valence electrons. The van der Waals surface area contributed by atoms with Crippen LogP contribution in [0.4, 0.5) is 10.2 Å². The van der Waals surface area contributed by atoms with Gasteiger partial charge in [0.15, 0.2) is 5.78 Å². The molecule has 4 heterocycles. The van der Waals surface area contributed by atoms with Crippen molar-refractivity contribution < 1.29 is 18.8 Å². The molecule has 0 spiro atoms. The molecule has 3 aromatic heterocycles. The summed E-state index contributed by atoms with van der Waals surface area (Å²) in [4.78, 5) is 55.7. The first kappa shape index (κ1) is 28.8. The van der Waals surface area contributed by atoms with Gasteiger partial charge < -0.3 is 10.2 Å². The van der Waals surface area contributed by atoms with Crippen molar-refractivity contribution >= 4 is 50.2 Å². The second kappa shape index (κ2) is 11.6. The number of hydrogen-bond acceptors (Lipinski definition) is 8. The van der Waals surface area contributed by atoms with Crippen molar-refractivity contribution in [2.24, 2.45) is 5.11 Å². The summed E-state index contributed by atoms with van der Waals surface area (Å²) in [6.45, 7) is 1.77. The van der Waals surface area contributed by atoms with Gasteiger partial charge in [0.2, 0.25) is 11.8 Å². The van der Waals surface area contributed by atoms with Crippen LogP contribution in [0.2, 0.25) is 0 Å². The molecule has 2 atom stereocenters. The number of fused-ring (bicyclic) bond motifs is 1. The molecule has 0 aliphatic carbocycles. The summed E-state index contributed by atoms with van der Waals surface area (Å²) in [5, 5.41) is 10.9. The van der Waals surface area contributed by atoms with Crippen molar-refractivity contribution in [1.29, 1.82) is 0 Å². The molecule has 1 aliphatic heterocycles. The van der Waals surface area contributed by atoms with Crippen LogP contribution >= 0.6 is 15.9 Å². The monoisotopic (exact) mass is 634 g/mol. The van der Waals surface area contributed by atoms with Crippen LogP contribution in [0.25, 0.3) is 32.5 Å². The third-order valence-electron chi connectivity index (χ3n) is 6.88. The van der Waals surface area contributed by atoms with Crippen LogP contribution in [0.3, 0.4) is 0 Å². The normalized spacial score (nSPS) is 18.1. The van der Waals surface area contributed by atoms with Crippen molar-refractivity contribution in [2.75, 3.05) is 18.4 Å². The molecule has 15 heteroatoms. The number of halogens is 2. The van der Waals surface area contributed by atoms with Crippen LogP contribution in [0.5, 0.6) is 0 Å². The van der Waals surface area contributed by atoms with Crippen LogP contribution in [-0.4, -0.2) is 72.0 Å². The van der Waals surface area contributed by atoms with E-state index in [0.717, 1.165) is 16.0 Å². The highest BCUT2D eigenvalue weighted by atomic mass is 79.9. The van der Waals surface area contributed by atoms with Gasteiger partial charge in [-0.1, -0.05) is 17.2 Å². The van der Waals surface area contributed by atoms with Crippen molar-refractivity contribution in [3.8, 4) is 11.1 Å². The molecular formula is C27H24BrFN10O3. The quantitative estimate of drug-likeness (QED) is 0.0981. The van der Waals surface area contributed by atoms with E-state index in [1.165, 1.54) is 11.6 Å². The third kappa shape index (κ3) is 5.97. The summed E-state index contributed by atoms with van der Waals surface area (Å²) in [6.07, 6.45) is 2.97. The zero-order valence-corrected chi connectivity index (χ0v) is 24.1. The van der Waals surface area contributed by atoms with Gasteiger partial charge in [-0.3, -0.25) is 19.1 Å². The number of carbonyl (C=O) groups is 3. The fourth-order valence-corrected chi connectivity index (χ4v) is 5.24.